The third-order valence-corrected chi connectivity index (χ3v) is 4.32. The molecule has 7 heteroatoms. The van der Waals surface area contributed by atoms with E-state index in [1.807, 2.05) is 6.92 Å². The summed E-state index contributed by atoms with van der Waals surface area (Å²) in [6.45, 7) is 7.98. The van der Waals surface area contributed by atoms with E-state index in [9.17, 15) is 14.4 Å². The van der Waals surface area contributed by atoms with Gasteiger partial charge in [-0.3, -0.25) is 14.5 Å². The fraction of sp³-hybridized carbons (Fsp3) is 0.526. The Morgan fingerprint density at radius 1 is 1.27 bits per heavy atom. The second-order valence-electron chi connectivity index (χ2n) is 7.09. The number of urea groups is 1. The molecule has 2 rings (SSSR count). The number of nitrogens with one attached hydrogen (secondary N) is 2. The van der Waals surface area contributed by atoms with Crippen LogP contribution in [0.25, 0.3) is 0 Å². The van der Waals surface area contributed by atoms with Crippen molar-refractivity contribution in [2.75, 3.05) is 18.5 Å². The van der Waals surface area contributed by atoms with Crippen LogP contribution in [0.2, 0.25) is 0 Å². The zero-order chi connectivity index (χ0) is 19.3. The molecule has 7 nitrogen and oxygen atoms in total. The zero-order valence-corrected chi connectivity index (χ0v) is 15.8. The zero-order valence-electron chi connectivity index (χ0n) is 15.8. The summed E-state index contributed by atoms with van der Waals surface area (Å²) in [6, 6.07) is 6.39. The Kier molecular flexibility index (Phi) is 6.23. The van der Waals surface area contributed by atoms with Crippen molar-refractivity contribution >= 4 is 23.5 Å². The van der Waals surface area contributed by atoms with E-state index >= 15 is 0 Å². The number of anilines is 1. The van der Waals surface area contributed by atoms with Crippen LogP contribution >= 0.6 is 0 Å². The third-order valence-electron chi connectivity index (χ3n) is 4.32. The van der Waals surface area contributed by atoms with E-state index in [4.69, 9.17) is 4.74 Å². The Labute approximate surface area is 154 Å². The predicted molar refractivity (Wildman–Crippen MR) is 99.0 cm³/mol. The molecule has 1 atom stereocenters. The quantitative estimate of drug-likeness (QED) is 0.697. The van der Waals surface area contributed by atoms with Crippen LogP contribution in [0, 0.1) is 5.92 Å². The number of amides is 4. The summed E-state index contributed by atoms with van der Waals surface area (Å²) in [5, 5.41) is 5.41. The molecule has 1 unspecified atom stereocenters. The van der Waals surface area contributed by atoms with Crippen molar-refractivity contribution in [1.29, 1.82) is 0 Å². The van der Waals surface area contributed by atoms with Crippen LogP contribution in [-0.4, -0.2) is 41.4 Å². The van der Waals surface area contributed by atoms with E-state index in [0.29, 0.717) is 30.4 Å². The number of hydrogen-bond acceptors (Lipinski definition) is 4. The molecule has 4 amide bonds. The molecule has 1 aromatic rings. The topological polar surface area (TPSA) is 87.7 Å². The first kappa shape index (κ1) is 19.8. The largest absolute Gasteiger partial charge is 0.494 e. The molecule has 0 bridgehead atoms. The summed E-state index contributed by atoms with van der Waals surface area (Å²) < 4.78 is 5.35. The molecular weight excluding hydrogens is 334 g/mol. The summed E-state index contributed by atoms with van der Waals surface area (Å²) in [5.74, 6) is 0.352. The second kappa shape index (κ2) is 8.21. The Bertz CT molecular complexity index is 672. The first-order valence-electron chi connectivity index (χ1n) is 8.92. The van der Waals surface area contributed by atoms with Crippen LogP contribution < -0.4 is 15.4 Å². The van der Waals surface area contributed by atoms with E-state index in [0.717, 1.165) is 11.3 Å². The number of rotatable bonds is 8. The smallest absolute Gasteiger partial charge is 0.325 e. The molecule has 142 valence electrons. The molecule has 0 spiro atoms. The average molecular weight is 361 g/mol. The summed E-state index contributed by atoms with van der Waals surface area (Å²) in [7, 11) is 0. The maximum absolute atomic E-state index is 12.6. The minimum absolute atomic E-state index is 0.310. The lowest BCUT2D eigenvalue weighted by Gasteiger charge is -2.22. The van der Waals surface area contributed by atoms with Gasteiger partial charge in [-0.05, 0) is 56.9 Å². The van der Waals surface area contributed by atoms with Gasteiger partial charge in [0, 0.05) is 5.69 Å². The molecule has 1 aliphatic heterocycles. The summed E-state index contributed by atoms with van der Waals surface area (Å²) in [5.41, 5.74) is -0.367. The third kappa shape index (κ3) is 4.74. The lowest BCUT2D eigenvalue weighted by Crippen LogP contribution is -2.44. The molecule has 0 aromatic heterocycles. The van der Waals surface area contributed by atoms with E-state index in [-0.39, 0.29) is 12.5 Å². The molecule has 1 saturated heterocycles. The van der Waals surface area contributed by atoms with Gasteiger partial charge in [0.1, 0.15) is 17.8 Å². The van der Waals surface area contributed by atoms with Crippen molar-refractivity contribution < 1.29 is 19.1 Å². The normalized spacial score (nSPS) is 19.7. The number of hydrogen-bond donors (Lipinski definition) is 2. The highest BCUT2D eigenvalue weighted by molar-refractivity contribution is 6.09. The predicted octanol–water partition coefficient (Wildman–Crippen LogP) is 2.77. The summed E-state index contributed by atoms with van der Waals surface area (Å²) in [6.07, 6.45) is 1.36. The number of imide groups is 1. The van der Waals surface area contributed by atoms with Gasteiger partial charge < -0.3 is 15.4 Å². The highest BCUT2D eigenvalue weighted by Crippen LogP contribution is 2.24. The van der Waals surface area contributed by atoms with Gasteiger partial charge in [0.15, 0.2) is 0 Å². The van der Waals surface area contributed by atoms with Gasteiger partial charge in [0.05, 0.1) is 6.61 Å². The minimum Gasteiger partial charge on any atom is -0.494 e. The van der Waals surface area contributed by atoms with Gasteiger partial charge in [-0.1, -0.05) is 13.8 Å². The number of benzene rings is 1. The van der Waals surface area contributed by atoms with E-state index in [2.05, 4.69) is 24.5 Å². The van der Waals surface area contributed by atoms with Crippen molar-refractivity contribution in [3.8, 4) is 5.75 Å². The molecule has 26 heavy (non-hydrogen) atoms. The van der Waals surface area contributed by atoms with Crippen LogP contribution in [0.5, 0.6) is 5.75 Å². The van der Waals surface area contributed by atoms with E-state index in [1.54, 1.807) is 31.2 Å². The number of nitrogens with zero attached hydrogens (tertiary/aromatic N) is 1. The van der Waals surface area contributed by atoms with Crippen LogP contribution in [0.3, 0.4) is 0 Å². The van der Waals surface area contributed by atoms with Crippen LogP contribution in [-0.2, 0) is 9.59 Å². The fourth-order valence-corrected chi connectivity index (χ4v) is 2.78. The Morgan fingerprint density at radius 3 is 2.50 bits per heavy atom. The molecule has 0 radical (unpaired) electrons. The lowest BCUT2D eigenvalue weighted by atomic mass is 9.92. The van der Waals surface area contributed by atoms with E-state index < -0.39 is 17.5 Å². The molecule has 0 saturated carbocycles. The van der Waals surface area contributed by atoms with Crippen LogP contribution in [0.15, 0.2) is 24.3 Å². The van der Waals surface area contributed by atoms with Crippen LogP contribution in [0.4, 0.5) is 10.5 Å². The molecule has 2 N–H and O–H groups in total. The monoisotopic (exact) mass is 361 g/mol. The molecule has 1 heterocycles. The van der Waals surface area contributed by atoms with Crippen molar-refractivity contribution in [2.45, 2.75) is 46.1 Å². The Hall–Kier alpha value is -2.57. The Balaban J connectivity index is 1.95. The van der Waals surface area contributed by atoms with Gasteiger partial charge in [-0.15, -0.1) is 0 Å². The fourth-order valence-electron chi connectivity index (χ4n) is 2.78. The standard InChI is InChI=1S/C19H27N3O4/c1-5-26-15-8-6-14(7-9-15)20-16(23)12-22-17(24)19(4,21-18(22)25)11-10-13(2)3/h6-9,13H,5,10-12H2,1-4H3,(H,20,23)(H,21,25). The second-order valence-corrected chi connectivity index (χ2v) is 7.09. The van der Waals surface area contributed by atoms with Gasteiger partial charge in [-0.2, -0.15) is 0 Å². The molecular formula is C19H27N3O4. The van der Waals surface area contributed by atoms with Crippen molar-refractivity contribution in [2.24, 2.45) is 5.92 Å². The van der Waals surface area contributed by atoms with Gasteiger partial charge >= 0.3 is 6.03 Å². The number of carbonyl (C=O) groups excluding carboxylic acids is 3. The van der Waals surface area contributed by atoms with Gasteiger partial charge in [0.2, 0.25) is 5.91 Å². The number of carbonyl (C=O) groups is 3. The molecule has 1 aromatic carbocycles. The molecule has 0 aliphatic carbocycles. The van der Waals surface area contributed by atoms with Crippen LogP contribution in [0.1, 0.15) is 40.5 Å². The number of ether oxygens (including phenoxy) is 1. The lowest BCUT2D eigenvalue weighted by molar-refractivity contribution is -0.133. The molecule has 1 fully saturated rings. The van der Waals surface area contributed by atoms with Gasteiger partial charge in [0.25, 0.3) is 5.91 Å². The first-order chi connectivity index (χ1) is 12.2. The Morgan fingerprint density at radius 2 is 1.92 bits per heavy atom. The highest BCUT2D eigenvalue weighted by Gasteiger charge is 2.47. The SMILES string of the molecule is CCOc1ccc(NC(=O)CN2C(=O)NC(C)(CCC(C)C)C2=O)cc1. The van der Waals surface area contributed by atoms with E-state index in [1.165, 1.54) is 0 Å². The highest BCUT2D eigenvalue weighted by atomic mass is 16.5. The molecule has 1 aliphatic rings. The minimum atomic E-state index is -0.944. The maximum atomic E-state index is 12.6. The maximum Gasteiger partial charge on any atom is 0.325 e. The van der Waals surface area contributed by atoms with Crippen molar-refractivity contribution in [3.63, 3.8) is 0 Å². The first-order valence-corrected chi connectivity index (χ1v) is 8.92. The van der Waals surface area contributed by atoms with Gasteiger partial charge in [-0.25, -0.2) is 4.79 Å². The summed E-state index contributed by atoms with van der Waals surface area (Å²) in [4.78, 5) is 38.0. The van der Waals surface area contributed by atoms with Crippen molar-refractivity contribution in [3.05, 3.63) is 24.3 Å². The summed E-state index contributed by atoms with van der Waals surface area (Å²) >= 11 is 0. The van der Waals surface area contributed by atoms with Crippen molar-refractivity contribution in [1.82, 2.24) is 10.2 Å². The average Bonchev–Trinajstić information content (AvgIpc) is 2.79.